The quantitative estimate of drug-likeness (QED) is 0.922. The second-order valence-corrected chi connectivity index (χ2v) is 4.56. The predicted octanol–water partition coefficient (Wildman–Crippen LogP) is 1.73. The molecule has 1 atom stereocenters. The van der Waals surface area contributed by atoms with Gasteiger partial charge in [-0.2, -0.15) is 4.98 Å². The van der Waals surface area contributed by atoms with Gasteiger partial charge in [-0.15, -0.1) is 0 Å². The molecule has 2 aromatic heterocycles. The van der Waals surface area contributed by atoms with Crippen LogP contribution >= 0.6 is 15.9 Å². The molecule has 2 heterocycles. The Morgan fingerprint density at radius 1 is 1.21 bits per heavy atom. The monoisotopic (exact) mass is 325 g/mol. The van der Waals surface area contributed by atoms with Crippen LogP contribution in [0, 0.1) is 0 Å². The van der Waals surface area contributed by atoms with Gasteiger partial charge in [0.15, 0.2) is 0 Å². The Morgan fingerprint density at radius 3 is 2.63 bits per heavy atom. The lowest BCUT2D eigenvalue weighted by molar-refractivity contribution is 0.206. The van der Waals surface area contributed by atoms with Gasteiger partial charge < -0.3 is 14.6 Å². The second kappa shape index (κ2) is 5.94. The molecule has 6 nitrogen and oxygen atoms in total. The topological polar surface area (TPSA) is 77.4 Å². The SMILES string of the molecule is COc1cnc(C(O)c2cncc(Br)c2)c(OC)n1. The first kappa shape index (κ1) is 13.7. The molecule has 0 fully saturated rings. The van der Waals surface area contributed by atoms with Crippen molar-refractivity contribution in [2.24, 2.45) is 0 Å². The van der Waals surface area contributed by atoms with E-state index in [0.717, 1.165) is 4.47 Å². The number of methoxy groups -OCH3 is 2. The fourth-order valence-corrected chi connectivity index (χ4v) is 1.92. The highest BCUT2D eigenvalue weighted by molar-refractivity contribution is 9.10. The van der Waals surface area contributed by atoms with Crippen LogP contribution in [0.3, 0.4) is 0 Å². The summed E-state index contributed by atoms with van der Waals surface area (Å²) >= 11 is 3.30. The van der Waals surface area contributed by atoms with E-state index in [1.54, 1.807) is 18.5 Å². The minimum absolute atomic E-state index is 0.215. The van der Waals surface area contributed by atoms with Gasteiger partial charge in [0.2, 0.25) is 11.8 Å². The molecule has 1 N–H and O–H groups in total. The maximum absolute atomic E-state index is 10.3. The first-order chi connectivity index (χ1) is 9.15. The normalized spacial score (nSPS) is 12.0. The zero-order valence-corrected chi connectivity index (χ0v) is 12.0. The van der Waals surface area contributed by atoms with Crippen molar-refractivity contribution in [2.75, 3.05) is 14.2 Å². The van der Waals surface area contributed by atoms with Crippen LogP contribution < -0.4 is 9.47 Å². The molecule has 0 aliphatic heterocycles. The van der Waals surface area contributed by atoms with Crippen molar-refractivity contribution in [3.63, 3.8) is 0 Å². The molecule has 19 heavy (non-hydrogen) atoms. The molecule has 0 aliphatic carbocycles. The van der Waals surface area contributed by atoms with Crippen molar-refractivity contribution in [1.29, 1.82) is 0 Å². The highest BCUT2D eigenvalue weighted by Gasteiger charge is 2.19. The molecule has 100 valence electrons. The second-order valence-electron chi connectivity index (χ2n) is 3.65. The molecular weight excluding hydrogens is 314 g/mol. The van der Waals surface area contributed by atoms with E-state index >= 15 is 0 Å². The van der Waals surface area contributed by atoms with Crippen LogP contribution in [0.15, 0.2) is 29.1 Å². The molecule has 0 spiro atoms. The summed E-state index contributed by atoms with van der Waals surface area (Å²) in [5, 5.41) is 10.3. The molecule has 0 aromatic carbocycles. The van der Waals surface area contributed by atoms with E-state index in [2.05, 4.69) is 30.9 Å². The van der Waals surface area contributed by atoms with E-state index in [4.69, 9.17) is 9.47 Å². The number of aromatic nitrogens is 3. The van der Waals surface area contributed by atoms with Crippen molar-refractivity contribution < 1.29 is 14.6 Å². The number of ether oxygens (including phenoxy) is 2. The molecule has 0 aliphatic rings. The number of rotatable bonds is 4. The molecule has 0 saturated heterocycles. The van der Waals surface area contributed by atoms with E-state index in [0.29, 0.717) is 17.1 Å². The van der Waals surface area contributed by atoms with Crippen LogP contribution in [0.1, 0.15) is 17.4 Å². The van der Waals surface area contributed by atoms with E-state index in [9.17, 15) is 5.11 Å². The number of aliphatic hydroxyl groups excluding tert-OH is 1. The standard InChI is InChI=1S/C12H12BrN3O3/c1-18-9-6-15-10(12(16-9)19-2)11(17)7-3-8(13)5-14-4-7/h3-6,11,17H,1-2H3. The number of hydrogen-bond acceptors (Lipinski definition) is 6. The predicted molar refractivity (Wildman–Crippen MR) is 71.1 cm³/mol. The van der Waals surface area contributed by atoms with E-state index in [1.165, 1.54) is 20.4 Å². The Kier molecular flexibility index (Phi) is 4.28. The van der Waals surface area contributed by atoms with Crippen LogP contribution in [0.5, 0.6) is 11.8 Å². The van der Waals surface area contributed by atoms with Crippen LogP contribution in [0.2, 0.25) is 0 Å². The highest BCUT2D eigenvalue weighted by Crippen LogP contribution is 2.28. The third-order valence-electron chi connectivity index (χ3n) is 2.45. The smallest absolute Gasteiger partial charge is 0.241 e. The van der Waals surface area contributed by atoms with Crippen LogP contribution in [-0.4, -0.2) is 34.3 Å². The summed E-state index contributed by atoms with van der Waals surface area (Å²) in [6.07, 6.45) is 3.64. The van der Waals surface area contributed by atoms with Crippen LogP contribution in [0.4, 0.5) is 0 Å². The Bertz CT molecular complexity index is 580. The first-order valence-electron chi connectivity index (χ1n) is 5.39. The third-order valence-corrected chi connectivity index (χ3v) is 2.88. The first-order valence-corrected chi connectivity index (χ1v) is 6.18. The summed E-state index contributed by atoms with van der Waals surface area (Å²) in [6.45, 7) is 0. The number of halogens is 1. The molecular formula is C12H12BrN3O3. The fourth-order valence-electron chi connectivity index (χ4n) is 1.54. The van der Waals surface area contributed by atoms with Gasteiger partial charge in [-0.3, -0.25) is 4.98 Å². The summed E-state index contributed by atoms with van der Waals surface area (Å²) < 4.78 is 10.8. The van der Waals surface area contributed by atoms with Crippen molar-refractivity contribution in [2.45, 2.75) is 6.10 Å². The Labute approximate surface area is 118 Å². The van der Waals surface area contributed by atoms with Crippen molar-refractivity contribution in [1.82, 2.24) is 15.0 Å². The summed E-state index contributed by atoms with van der Waals surface area (Å²) in [7, 11) is 2.94. The summed E-state index contributed by atoms with van der Waals surface area (Å²) in [5.41, 5.74) is 0.898. The van der Waals surface area contributed by atoms with Gasteiger partial charge in [-0.1, -0.05) is 0 Å². The summed E-state index contributed by atoms with van der Waals surface area (Å²) in [4.78, 5) is 12.2. The van der Waals surface area contributed by atoms with Gasteiger partial charge >= 0.3 is 0 Å². The lowest BCUT2D eigenvalue weighted by Crippen LogP contribution is -2.07. The van der Waals surface area contributed by atoms with Crippen LogP contribution in [-0.2, 0) is 0 Å². The van der Waals surface area contributed by atoms with Crippen molar-refractivity contribution in [3.05, 3.63) is 40.4 Å². The zero-order chi connectivity index (χ0) is 13.8. The van der Waals surface area contributed by atoms with Gasteiger partial charge in [0.1, 0.15) is 11.8 Å². The molecule has 7 heteroatoms. The minimum Gasteiger partial charge on any atom is -0.480 e. The van der Waals surface area contributed by atoms with Crippen LogP contribution in [0.25, 0.3) is 0 Å². The molecule has 0 radical (unpaired) electrons. The summed E-state index contributed by atoms with van der Waals surface area (Å²) in [5.74, 6) is 0.534. The molecule has 0 bridgehead atoms. The van der Waals surface area contributed by atoms with Crippen molar-refractivity contribution >= 4 is 15.9 Å². The third kappa shape index (κ3) is 2.99. The van der Waals surface area contributed by atoms with Gasteiger partial charge in [0.05, 0.1) is 20.4 Å². The fraction of sp³-hybridized carbons (Fsp3) is 0.250. The molecule has 1 unspecified atom stereocenters. The summed E-state index contributed by atoms with van der Waals surface area (Å²) in [6, 6.07) is 1.75. The number of pyridine rings is 1. The molecule has 2 aromatic rings. The maximum atomic E-state index is 10.3. The van der Waals surface area contributed by atoms with Gasteiger partial charge in [-0.25, -0.2) is 4.98 Å². The Hall–Kier alpha value is -1.73. The molecule has 0 saturated carbocycles. The maximum Gasteiger partial charge on any atom is 0.241 e. The van der Waals surface area contributed by atoms with Gasteiger partial charge in [0, 0.05) is 22.4 Å². The number of aliphatic hydroxyl groups is 1. The van der Waals surface area contributed by atoms with Gasteiger partial charge in [-0.05, 0) is 22.0 Å². The van der Waals surface area contributed by atoms with E-state index in [1.807, 2.05) is 0 Å². The Morgan fingerprint density at radius 2 is 2.00 bits per heavy atom. The average Bonchev–Trinajstić information content (AvgIpc) is 2.45. The number of nitrogens with zero attached hydrogens (tertiary/aromatic N) is 3. The zero-order valence-electron chi connectivity index (χ0n) is 10.4. The molecule has 0 amide bonds. The highest BCUT2D eigenvalue weighted by atomic mass is 79.9. The Balaban J connectivity index is 2.40. The lowest BCUT2D eigenvalue weighted by Gasteiger charge is -2.13. The van der Waals surface area contributed by atoms with Gasteiger partial charge in [0.25, 0.3) is 0 Å². The average molecular weight is 326 g/mol. The van der Waals surface area contributed by atoms with E-state index in [-0.39, 0.29) is 5.88 Å². The largest absolute Gasteiger partial charge is 0.480 e. The molecule has 2 rings (SSSR count). The van der Waals surface area contributed by atoms with E-state index < -0.39 is 6.10 Å². The minimum atomic E-state index is -0.974. The lowest BCUT2D eigenvalue weighted by atomic mass is 10.1. The van der Waals surface area contributed by atoms with Crippen molar-refractivity contribution in [3.8, 4) is 11.8 Å². The number of hydrogen-bond donors (Lipinski definition) is 1.